The molecular weight excluding hydrogens is 170 g/mol. The molecule has 1 atom stereocenters. The molecule has 70 valence electrons. The number of aliphatic carboxylic acids is 1. The van der Waals surface area contributed by atoms with Crippen molar-refractivity contribution in [1.29, 1.82) is 0 Å². The van der Waals surface area contributed by atoms with Crippen LogP contribution in [0.25, 0.3) is 0 Å². The van der Waals surface area contributed by atoms with Crippen LogP contribution in [0.3, 0.4) is 0 Å². The minimum Gasteiger partial charge on any atom is -0.479 e. The molecule has 1 aliphatic rings. The number of methoxy groups -OCH3 is 1. The molecule has 0 aromatic heterocycles. The van der Waals surface area contributed by atoms with Gasteiger partial charge in [0.15, 0.2) is 6.10 Å². The van der Waals surface area contributed by atoms with Crippen LogP contribution >= 0.6 is 0 Å². The summed E-state index contributed by atoms with van der Waals surface area (Å²) in [6.07, 6.45) is -3.51. The van der Waals surface area contributed by atoms with E-state index >= 15 is 0 Å². The molecule has 12 heavy (non-hydrogen) atoms. The van der Waals surface area contributed by atoms with E-state index in [0.717, 1.165) is 7.11 Å². The number of rotatable bonds is 4. The highest BCUT2D eigenvalue weighted by atomic mass is 19.3. The molecule has 0 saturated heterocycles. The van der Waals surface area contributed by atoms with Crippen LogP contribution in [0.1, 0.15) is 12.8 Å². The maximum Gasteiger partial charge on any atom is 0.333 e. The molecule has 0 radical (unpaired) electrons. The van der Waals surface area contributed by atoms with E-state index in [9.17, 15) is 13.6 Å². The fraction of sp³-hybridized carbons (Fsp3) is 0.857. The first-order valence-electron chi connectivity index (χ1n) is 3.58. The minimum absolute atomic E-state index is 0.232. The van der Waals surface area contributed by atoms with Crippen molar-refractivity contribution in [3.8, 4) is 0 Å². The van der Waals surface area contributed by atoms with E-state index in [1.165, 1.54) is 0 Å². The molecule has 1 N–H and O–H groups in total. The van der Waals surface area contributed by atoms with Crippen molar-refractivity contribution >= 4 is 5.97 Å². The predicted octanol–water partition coefficient (Wildman–Crippen LogP) is 1.13. The summed E-state index contributed by atoms with van der Waals surface area (Å²) in [5.74, 6) is -1.31. The molecule has 0 aromatic carbocycles. The van der Waals surface area contributed by atoms with Crippen LogP contribution in [0.15, 0.2) is 0 Å². The Morgan fingerprint density at radius 3 is 2.17 bits per heavy atom. The molecule has 0 spiro atoms. The van der Waals surface area contributed by atoms with Gasteiger partial charge in [0.1, 0.15) is 0 Å². The fourth-order valence-corrected chi connectivity index (χ4v) is 1.32. The smallest absolute Gasteiger partial charge is 0.333 e. The molecule has 5 heteroatoms. The highest BCUT2D eigenvalue weighted by Gasteiger charge is 2.60. The lowest BCUT2D eigenvalue weighted by Gasteiger charge is -2.20. The first-order valence-corrected chi connectivity index (χ1v) is 3.58. The summed E-state index contributed by atoms with van der Waals surface area (Å²) in [5, 5.41) is 8.54. The van der Waals surface area contributed by atoms with E-state index in [0.29, 0.717) is 0 Å². The maximum absolute atomic E-state index is 12.3. The molecule has 1 aliphatic carbocycles. The van der Waals surface area contributed by atoms with Crippen molar-refractivity contribution in [1.82, 2.24) is 0 Å². The monoisotopic (exact) mass is 180 g/mol. The number of hydrogen-bond donors (Lipinski definition) is 1. The van der Waals surface area contributed by atoms with Crippen LogP contribution in [0.4, 0.5) is 8.78 Å². The minimum atomic E-state index is -2.61. The van der Waals surface area contributed by atoms with Gasteiger partial charge in [0.25, 0.3) is 0 Å². The molecule has 0 amide bonds. The first kappa shape index (κ1) is 9.38. The molecule has 0 aromatic rings. The SMILES string of the molecule is COC(C(=O)O)C1(C(F)F)CC1. The van der Waals surface area contributed by atoms with Crippen LogP contribution in [0.5, 0.6) is 0 Å². The lowest BCUT2D eigenvalue weighted by Crippen LogP contribution is -2.37. The summed E-state index contributed by atoms with van der Waals surface area (Å²) in [6, 6.07) is 0. The van der Waals surface area contributed by atoms with Crippen molar-refractivity contribution < 1.29 is 23.4 Å². The number of halogens is 2. The molecule has 0 aliphatic heterocycles. The zero-order valence-corrected chi connectivity index (χ0v) is 6.59. The van der Waals surface area contributed by atoms with Gasteiger partial charge in [-0.3, -0.25) is 0 Å². The van der Waals surface area contributed by atoms with Crippen molar-refractivity contribution in [2.75, 3.05) is 7.11 Å². The highest BCUT2D eigenvalue weighted by Crippen LogP contribution is 2.54. The zero-order valence-electron chi connectivity index (χ0n) is 6.59. The molecule has 0 heterocycles. The van der Waals surface area contributed by atoms with Gasteiger partial charge in [-0.15, -0.1) is 0 Å². The van der Waals surface area contributed by atoms with Gasteiger partial charge in [0.05, 0.1) is 5.41 Å². The highest BCUT2D eigenvalue weighted by molar-refractivity contribution is 5.74. The Balaban J connectivity index is 2.71. The third-order valence-electron chi connectivity index (χ3n) is 2.24. The standard InChI is InChI=1S/C7H10F2O3/c1-12-4(5(10)11)7(2-3-7)6(8)9/h4,6H,2-3H2,1H3,(H,10,11). The van der Waals surface area contributed by atoms with Gasteiger partial charge >= 0.3 is 5.97 Å². The summed E-state index contributed by atoms with van der Waals surface area (Å²) in [4.78, 5) is 10.5. The molecule has 3 nitrogen and oxygen atoms in total. The Kier molecular flexibility index (Phi) is 2.32. The van der Waals surface area contributed by atoms with Crippen LogP contribution in [-0.2, 0) is 9.53 Å². The van der Waals surface area contributed by atoms with Gasteiger partial charge in [0.2, 0.25) is 6.43 Å². The van der Waals surface area contributed by atoms with Crippen LogP contribution in [0.2, 0.25) is 0 Å². The molecule has 1 unspecified atom stereocenters. The molecular formula is C7H10F2O3. The summed E-state index contributed by atoms with van der Waals surface area (Å²) < 4.78 is 29.2. The Morgan fingerprint density at radius 2 is 2.08 bits per heavy atom. The normalized spacial score (nSPS) is 22.3. The van der Waals surface area contributed by atoms with Gasteiger partial charge in [-0.2, -0.15) is 0 Å². The first-order chi connectivity index (χ1) is 5.54. The fourth-order valence-electron chi connectivity index (χ4n) is 1.32. The average molecular weight is 180 g/mol. The molecule has 0 bridgehead atoms. The Bertz CT molecular complexity index is 189. The van der Waals surface area contributed by atoms with Gasteiger partial charge in [-0.25, -0.2) is 13.6 Å². The number of alkyl halides is 2. The van der Waals surface area contributed by atoms with Crippen molar-refractivity contribution in [2.45, 2.75) is 25.4 Å². The van der Waals surface area contributed by atoms with E-state index in [1.807, 2.05) is 0 Å². The number of hydrogen-bond acceptors (Lipinski definition) is 2. The summed E-state index contributed by atoms with van der Waals surface area (Å²) in [7, 11) is 1.14. The third kappa shape index (κ3) is 1.29. The molecule has 1 saturated carbocycles. The Hall–Kier alpha value is -0.710. The Morgan fingerprint density at radius 1 is 1.58 bits per heavy atom. The predicted molar refractivity (Wildman–Crippen MR) is 36.1 cm³/mol. The maximum atomic E-state index is 12.3. The van der Waals surface area contributed by atoms with E-state index in [1.54, 1.807) is 0 Å². The molecule has 1 rings (SSSR count). The van der Waals surface area contributed by atoms with E-state index in [-0.39, 0.29) is 12.8 Å². The lowest BCUT2D eigenvalue weighted by molar-refractivity contribution is -0.158. The number of carboxylic acid groups (broad SMARTS) is 1. The Labute approximate surface area is 68.3 Å². The second-order valence-electron chi connectivity index (χ2n) is 2.99. The number of carboxylic acids is 1. The van der Waals surface area contributed by atoms with Crippen molar-refractivity contribution in [3.05, 3.63) is 0 Å². The third-order valence-corrected chi connectivity index (χ3v) is 2.24. The average Bonchev–Trinajstić information content (AvgIpc) is 2.69. The van der Waals surface area contributed by atoms with Gasteiger partial charge in [-0.05, 0) is 12.8 Å². The lowest BCUT2D eigenvalue weighted by atomic mass is 10.00. The van der Waals surface area contributed by atoms with E-state index < -0.39 is 23.9 Å². The van der Waals surface area contributed by atoms with Gasteiger partial charge < -0.3 is 9.84 Å². The van der Waals surface area contributed by atoms with Crippen LogP contribution in [0, 0.1) is 5.41 Å². The summed E-state index contributed by atoms with van der Waals surface area (Å²) >= 11 is 0. The largest absolute Gasteiger partial charge is 0.479 e. The van der Waals surface area contributed by atoms with E-state index in [2.05, 4.69) is 4.74 Å². The summed E-state index contributed by atoms with van der Waals surface area (Å²) in [5.41, 5.74) is -1.42. The van der Waals surface area contributed by atoms with E-state index in [4.69, 9.17) is 5.11 Å². The zero-order chi connectivity index (χ0) is 9.35. The van der Waals surface area contributed by atoms with Crippen molar-refractivity contribution in [3.63, 3.8) is 0 Å². The van der Waals surface area contributed by atoms with Crippen molar-refractivity contribution in [2.24, 2.45) is 5.41 Å². The number of carbonyl (C=O) groups is 1. The van der Waals surface area contributed by atoms with Gasteiger partial charge in [0, 0.05) is 7.11 Å². The van der Waals surface area contributed by atoms with Crippen LogP contribution < -0.4 is 0 Å². The van der Waals surface area contributed by atoms with Gasteiger partial charge in [-0.1, -0.05) is 0 Å². The number of ether oxygens (including phenoxy) is 1. The van der Waals surface area contributed by atoms with Crippen LogP contribution in [-0.4, -0.2) is 30.7 Å². The molecule has 1 fully saturated rings. The summed E-state index contributed by atoms with van der Waals surface area (Å²) in [6.45, 7) is 0. The second-order valence-corrected chi connectivity index (χ2v) is 2.99. The quantitative estimate of drug-likeness (QED) is 0.705. The topological polar surface area (TPSA) is 46.5 Å². The second kappa shape index (κ2) is 2.97.